The summed E-state index contributed by atoms with van der Waals surface area (Å²) in [4.78, 5) is 21.5. The Balaban J connectivity index is 2.58. The van der Waals surface area contributed by atoms with E-state index in [0.29, 0.717) is 17.1 Å². The highest BCUT2D eigenvalue weighted by Crippen LogP contribution is 2.18. The lowest BCUT2D eigenvalue weighted by atomic mass is 10.1. The van der Waals surface area contributed by atoms with Crippen molar-refractivity contribution in [1.82, 2.24) is 0 Å². The molecule has 18 heavy (non-hydrogen) atoms. The summed E-state index contributed by atoms with van der Waals surface area (Å²) < 4.78 is 0. The summed E-state index contributed by atoms with van der Waals surface area (Å²) in [5, 5.41) is 8.64. The number of aryl methyl sites for hydroxylation is 1. The molecule has 0 fully saturated rings. The summed E-state index contributed by atoms with van der Waals surface area (Å²) in [6, 6.07) is 4.38. The van der Waals surface area contributed by atoms with Gasteiger partial charge in [-0.05, 0) is 30.2 Å². The maximum absolute atomic E-state index is 11.0. The van der Waals surface area contributed by atoms with Gasteiger partial charge in [-0.1, -0.05) is 6.07 Å². The summed E-state index contributed by atoms with van der Waals surface area (Å²) >= 11 is 1.45. The van der Waals surface area contributed by atoms with Crippen molar-refractivity contribution in [2.75, 3.05) is 5.75 Å². The van der Waals surface area contributed by atoms with Crippen LogP contribution in [0.5, 0.6) is 0 Å². The lowest BCUT2D eigenvalue weighted by Gasteiger charge is -2.09. The molecule has 0 heterocycles. The molecular weight excluding hydrogens is 252 g/mol. The van der Waals surface area contributed by atoms with Crippen LogP contribution in [0.15, 0.2) is 18.2 Å². The largest absolute Gasteiger partial charge is 0.480 e. The number of benzene rings is 1. The van der Waals surface area contributed by atoms with Crippen LogP contribution in [-0.2, 0) is 10.5 Å². The van der Waals surface area contributed by atoms with Gasteiger partial charge < -0.3 is 16.6 Å². The van der Waals surface area contributed by atoms with Gasteiger partial charge in [-0.3, -0.25) is 9.59 Å². The summed E-state index contributed by atoms with van der Waals surface area (Å²) in [5.74, 6) is -0.438. The molecule has 1 rings (SSSR count). The molecule has 1 aromatic rings. The zero-order valence-corrected chi connectivity index (χ0v) is 10.9. The van der Waals surface area contributed by atoms with E-state index in [1.807, 2.05) is 13.0 Å². The Hall–Kier alpha value is -1.53. The van der Waals surface area contributed by atoms with E-state index in [4.69, 9.17) is 16.6 Å². The first kappa shape index (κ1) is 14.5. The topological polar surface area (TPSA) is 106 Å². The predicted octanol–water partition coefficient (Wildman–Crippen LogP) is 0.739. The first-order valence-electron chi connectivity index (χ1n) is 5.37. The molecule has 0 saturated heterocycles. The van der Waals surface area contributed by atoms with E-state index in [0.717, 1.165) is 11.1 Å². The van der Waals surface area contributed by atoms with Crippen molar-refractivity contribution in [3.63, 3.8) is 0 Å². The molecule has 98 valence electrons. The van der Waals surface area contributed by atoms with Crippen molar-refractivity contribution >= 4 is 23.6 Å². The zero-order valence-electron chi connectivity index (χ0n) is 10.1. The fourth-order valence-corrected chi connectivity index (χ4v) is 2.44. The molecule has 0 spiro atoms. The molecule has 0 unspecified atom stereocenters. The Morgan fingerprint density at radius 3 is 2.61 bits per heavy atom. The van der Waals surface area contributed by atoms with Gasteiger partial charge in [0.05, 0.1) is 0 Å². The van der Waals surface area contributed by atoms with Gasteiger partial charge >= 0.3 is 5.97 Å². The predicted molar refractivity (Wildman–Crippen MR) is 71.5 cm³/mol. The van der Waals surface area contributed by atoms with Crippen LogP contribution in [0.3, 0.4) is 0 Å². The highest BCUT2D eigenvalue weighted by atomic mass is 32.2. The molecule has 0 aromatic heterocycles. The molecule has 6 heteroatoms. The molecule has 0 aliphatic rings. The fourth-order valence-electron chi connectivity index (χ4n) is 1.38. The minimum Gasteiger partial charge on any atom is -0.480 e. The average Bonchev–Trinajstić information content (AvgIpc) is 2.30. The van der Waals surface area contributed by atoms with Crippen LogP contribution < -0.4 is 11.5 Å². The van der Waals surface area contributed by atoms with Gasteiger partial charge in [0.15, 0.2) is 0 Å². The molecule has 0 aliphatic heterocycles. The number of hydrogen-bond acceptors (Lipinski definition) is 4. The van der Waals surface area contributed by atoms with E-state index in [-0.39, 0.29) is 0 Å². The second kappa shape index (κ2) is 6.42. The van der Waals surface area contributed by atoms with Crippen molar-refractivity contribution in [2.24, 2.45) is 11.5 Å². The summed E-state index contributed by atoms with van der Waals surface area (Å²) in [5.41, 5.74) is 13.1. The highest BCUT2D eigenvalue weighted by molar-refractivity contribution is 7.98. The zero-order chi connectivity index (χ0) is 13.7. The molecule has 1 amide bonds. The van der Waals surface area contributed by atoms with E-state index < -0.39 is 17.9 Å². The van der Waals surface area contributed by atoms with Gasteiger partial charge in [-0.15, -0.1) is 0 Å². The molecule has 0 bridgehead atoms. The van der Waals surface area contributed by atoms with Gasteiger partial charge in [0.1, 0.15) is 6.04 Å². The molecule has 0 saturated carbocycles. The number of hydrogen-bond donors (Lipinski definition) is 3. The van der Waals surface area contributed by atoms with Crippen molar-refractivity contribution in [3.05, 3.63) is 34.9 Å². The first-order chi connectivity index (χ1) is 8.41. The Morgan fingerprint density at radius 2 is 2.11 bits per heavy atom. The molecule has 5 N–H and O–H groups in total. The first-order valence-corrected chi connectivity index (χ1v) is 6.52. The van der Waals surface area contributed by atoms with E-state index in [9.17, 15) is 9.59 Å². The van der Waals surface area contributed by atoms with Crippen LogP contribution >= 0.6 is 11.8 Å². The van der Waals surface area contributed by atoms with E-state index in [2.05, 4.69) is 0 Å². The van der Waals surface area contributed by atoms with Crippen molar-refractivity contribution in [3.8, 4) is 0 Å². The summed E-state index contributed by atoms with van der Waals surface area (Å²) in [7, 11) is 0. The standard InChI is InChI=1S/C12H16N2O3S/c1-7-4-8(11(14)15)2-3-9(7)5-18-6-10(13)12(16)17/h2-4,10H,5-6,13H2,1H3,(H2,14,15)(H,16,17)/t10-/m1/s1. The van der Waals surface area contributed by atoms with Crippen molar-refractivity contribution in [2.45, 2.75) is 18.7 Å². The summed E-state index contributed by atoms with van der Waals surface area (Å²) in [6.07, 6.45) is 0. The maximum Gasteiger partial charge on any atom is 0.321 e. The van der Waals surface area contributed by atoms with E-state index in [1.54, 1.807) is 12.1 Å². The number of aliphatic carboxylic acids is 1. The van der Waals surface area contributed by atoms with Crippen LogP contribution in [0.1, 0.15) is 21.5 Å². The SMILES string of the molecule is Cc1cc(C(N)=O)ccc1CSC[C@@H](N)C(=O)O. The molecule has 0 radical (unpaired) electrons. The summed E-state index contributed by atoms with van der Waals surface area (Å²) in [6.45, 7) is 1.89. The number of rotatable bonds is 6. The lowest BCUT2D eigenvalue weighted by molar-refractivity contribution is -0.137. The minimum atomic E-state index is -0.997. The number of carbonyl (C=O) groups excluding carboxylic acids is 1. The normalized spacial score (nSPS) is 12.1. The van der Waals surface area contributed by atoms with Crippen molar-refractivity contribution in [1.29, 1.82) is 0 Å². The number of thioether (sulfide) groups is 1. The van der Waals surface area contributed by atoms with Gasteiger partial charge in [0.2, 0.25) is 5.91 Å². The van der Waals surface area contributed by atoms with Crippen LogP contribution in [0.25, 0.3) is 0 Å². The minimum absolute atomic E-state index is 0.354. The molecular formula is C12H16N2O3S. The van der Waals surface area contributed by atoms with Gasteiger partial charge in [-0.2, -0.15) is 11.8 Å². The second-order valence-electron chi connectivity index (χ2n) is 3.97. The van der Waals surface area contributed by atoms with E-state index >= 15 is 0 Å². The van der Waals surface area contributed by atoms with Gasteiger partial charge in [0, 0.05) is 17.1 Å². The van der Waals surface area contributed by atoms with Crippen molar-refractivity contribution < 1.29 is 14.7 Å². The number of carbonyl (C=O) groups is 2. The average molecular weight is 268 g/mol. The van der Waals surface area contributed by atoms with Crippen LogP contribution in [-0.4, -0.2) is 28.8 Å². The third-order valence-corrected chi connectivity index (χ3v) is 3.61. The monoisotopic (exact) mass is 268 g/mol. The van der Waals surface area contributed by atoms with Crippen LogP contribution in [0.4, 0.5) is 0 Å². The number of nitrogens with two attached hydrogens (primary N) is 2. The molecule has 1 atom stereocenters. The molecule has 0 aliphatic carbocycles. The Bertz CT molecular complexity index is 463. The van der Waals surface area contributed by atoms with Crippen LogP contribution in [0.2, 0.25) is 0 Å². The number of carboxylic acid groups (broad SMARTS) is 1. The number of amides is 1. The Labute approximate surface area is 110 Å². The quantitative estimate of drug-likeness (QED) is 0.705. The molecule has 1 aromatic carbocycles. The smallest absolute Gasteiger partial charge is 0.321 e. The third kappa shape index (κ3) is 4.05. The van der Waals surface area contributed by atoms with E-state index in [1.165, 1.54) is 11.8 Å². The Morgan fingerprint density at radius 1 is 1.44 bits per heavy atom. The number of primary amides is 1. The lowest BCUT2D eigenvalue weighted by Crippen LogP contribution is -2.32. The molecule has 5 nitrogen and oxygen atoms in total. The Kier molecular flexibility index (Phi) is 5.18. The van der Waals surface area contributed by atoms with Gasteiger partial charge in [0.25, 0.3) is 0 Å². The fraction of sp³-hybridized carbons (Fsp3) is 0.333. The maximum atomic E-state index is 11.0. The van der Waals surface area contributed by atoms with Gasteiger partial charge in [-0.25, -0.2) is 0 Å². The number of carboxylic acids is 1. The third-order valence-electron chi connectivity index (χ3n) is 2.50. The second-order valence-corrected chi connectivity index (χ2v) is 5.00. The van der Waals surface area contributed by atoms with Crippen LogP contribution in [0, 0.1) is 6.92 Å². The highest BCUT2D eigenvalue weighted by Gasteiger charge is 2.11.